The van der Waals surface area contributed by atoms with Crippen LogP contribution in [0.25, 0.3) is 0 Å². The van der Waals surface area contributed by atoms with Crippen LogP contribution in [0.15, 0.2) is 34.8 Å². The molecule has 0 aromatic heterocycles. The summed E-state index contributed by atoms with van der Waals surface area (Å²) in [4.78, 5) is 0. The Labute approximate surface area is 132 Å². The molecule has 1 atom stereocenters. The molecule has 0 saturated heterocycles. The van der Waals surface area contributed by atoms with Crippen LogP contribution in [-0.4, -0.2) is 12.2 Å². The Morgan fingerprint density at radius 1 is 1.20 bits per heavy atom. The van der Waals surface area contributed by atoms with E-state index in [1.165, 1.54) is 0 Å². The average molecular weight is 356 g/mol. The molecule has 0 aliphatic heterocycles. The molecule has 2 rings (SSSR count). The zero-order chi connectivity index (χ0) is 14.9. The topological polar surface area (TPSA) is 29.5 Å². The van der Waals surface area contributed by atoms with E-state index in [-0.39, 0.29) is 0 Å². The fourth-order valence-electron chi connectivity index (χ4n) is 2.34. The molecule has 4 heteroatoms. The molecule has 0 aliphatic carbocycles. The van der Waals surface area contributed by atoms with Gasteiger partial charge in [-0.25, -0.2) is 0 Å². The van der Waals surface area contributed by atoms with Crippen molar-refractivity contribution in [3.8, 4) is 5.75 Å². The molecule has 0 spiro atoms. The van der Waals surface area contributed by atoms with Crippen molar-refractivity contribution in [1.82, 2.24) is 0 Å². The molecule has 2 nitrogen and oxygen atoms in total. The zero-order valence-electron chi connectivity index (χ0n) is 11.6. The predicted molar refractivity (Wildman–Crippen MR) is 85.7 cm³/mol. The minimum absolute atomic E-state index is 0.589. The second kappa shape index (κ2) is 6.17. The van der Waals surface area contributed by atoms with E-state index in [1.807, 2.05) is 32.0 Å². The number of aliphatic hydroxyl groups is 1. The zero-order valence-corrected chi connectivity index (χ0v) is 13.9. The number of aryl methyl sites for hydroxylation is 2. The van der Waals surface area contributed by atoms with Gasteiger partial charge in [0.15, 0.2) is 0 Å². The lowest BCUT2D eigenvalue weighted by atomic mass is 9.95. The third kappa shape index (κ3) is 3.00. The molecule has 0 saturated carbocycles. The van der Waals surface area contributed by atoms with Crippen LogP contribution >= 0.6 is 27.5 Å². The molecular formula is C16H16BrClO2. The summed E-state index contributed by atoms with van der Waals surface area (Å²) in [7, 11) is 1.61. The Bertz CT molecular complexity index is 641. The van der Waals surface area contributed by atoms with Crippen molar-refractivity contribution in [2.45, 2.75) is 20.0 Å². The van der Waals surface area contributed by atoms with Gasteiger partial charge in [-0.3, -0.25) is 0 Å². The lowest BCUT2D eigenvalue weighted by Crippen LogP contribution is -2.06. The van der Waals surface area contributed by atoms with E-state index in [4.69, 9.17) is 16.3 Å². The van der Waals surface area contributed by atoms with Gasteiger partial charge in [0.05, 0.1) is 7.11 Å². The first-order chi connectivity index (χ1) is 9.43. The van der Waals surface area contributed by atoms with E-state index in [9.17, 15) is 5.11 Å². The van der Waals surface area contributed by atoms with Crippen LogP contribution in [0, 0.1) is 13.8 Å². The van der Waals surface area contributed by atoms with Crippen molar-refractivity contribution in [2.75, 3.05) is 7.11 Å². The Kier molecular flexibility index (Phi) is 4.74. The summed E-state index contributed by atoms with van der Waals surface area (Å²) < 4.78 is 6.23. The number of hydrogen-bond acceptors (Lipinski definition) is 2. The molecule has 2 aromatic carbocycles. The van der Waals surface area contributed by atoms with E-state index in [0.29, 0.717) is 10.8 Å². The predicted octanol–water partition coefficient (Wildman–Crippen LogP) is 4.81. The van der Waals surface area contributed by atoms with Crippen molar-refractivity contribution < 1.29 is 9.84 Å². The quantitative estimate of drug-likeness (QED) is 0.856. The molecule has 0 bridgehead atoms. The Morgan fingerprint density at radius 2 is 1.90 bits per heavy atom. The fraction of sp³-hybridized carbons (Fsp3) is 0.250. The maximum atomic E-state index is 10.7. The monoisotopic (exact) mass is 354 g/mol. The molecule has 0 heterocycles. The smallest absolute Gasteiger partial charge is 0.125 e. The van der Waals surface area contributed by atoms with E-state index in [0.717, 1.165) is 26.7 Å². The molecule has 2 aromatic rings. The van der Waals surface area contributed by atoms with Gasteiger partial charge >= 0.3 is 0 Å². The summed E-state index contributed by atoms with van der Waals surface area (Å²) >= 11 is 9.48. The lowest BCUT2D eigenvalue weighted by molar-refractivity contribution is 0.213. The van der Waals surface area contributed by atoms with Crippen molar-refractivity contribution in [2.24, 2.45) is 0 Å². The van der Waals surface area contributed by atoms with Gasteiger partial charge in [-0.15, -0.1) is 0 Å². The number of ether oxygens (including phenoxy) is 1. The average Bonchev–Trinajstić information content (AvgIpc) is 2.40. The molecule has 0 amide bonds. The molecular weight excluding hydrogens is 340 g/mol. The van der Waals surface area contributed by atoms with Crippen LogP contribution in [0.4, 0.5) is 0 Å². The third-order valence-corrected chi connectivity index (χ3v) is 4.20. The molecule has 106 valence electrons. The van der Waals surface area contributed by atoms with Gasteiger partial charge in [-0.05, 0) is 49.2 Å². The van der Waals surface area contributed by atoms with Gasteiger partial charge in [-0.2, -0.15) is 0 Å². The van der Waals surface area contributed by atoms with E-state index >= 15 is 0 Å². The van der Waals surface area contributed by atoms with E-state index in [1.54, 1.807) is 19.2 Å². The highest BCUT2D eigenvalue weighted by atomic mass is 79.9. The summed E-state index contributed by atoms with van der Waals surface area (Å²) in [5, 5.41) is 11.3. The minimum Gasteiger partial charge on any atom is -0.496 e. The molecule has 0 fully saturated rings. The van der Waals surface area contributed by atoms with Crippen molar-refractivity contribution in [3.05, 3.63) is 62.1 Å². The second-order valence-electron chi connectivity index (χ2n) is 4.77. The summed E-state index contributed by atoms with van der Waals surface area (Å²) in [6.07, 6.45) is -0.793. The molecule has 1 unspecified atom stereocenters. The van der Waals surface area contributed by atoms with Crippen LogP contribution in [0.3, 0.4) is 0 Å². The molecule has 20 heavy (non-hydrogen) atoms. The molecule has 0 aliphatic rings. The summed E-state index contributed by atoms with van der Waals surface area (Å²) in [5.74, 6) is 0.682. The fourth-order valence-corrected chi connectivity index (χ4v) is 2.98. The van der Waals surface area contributed by atoms with Crippen LogP contribution < -0.4 is 4.74 Å². The normalized spacial score (nSPS) is 12.3. The van der Waals surface area contributed by atoms with Crippen LogP contribution in [0.1, 0.15) is 28.4 Å². The van der Waals surface area contributed by atoms with Crippen LogP contribution in [0.5, 0.6) is 5.75 Å². The SMILES string of the molecule is COc1cc(C)cc(C)c1C(O)c1cc(Cl)ccc1Br. The highest BCUT2D eigenvalue weighted by Crippen LogP contribution is 2.37. The minimum atomic E-state index is -0.793. The first-order valence-corrected chi connectivity index (χ1v) is 7.39. The van der Waals surface area contributed by atoms with Crippen LogP contribution in [-0.2, 0) is 0 Å². The van der Waals surface area contributed by atoms with Gasteiger partial charge < -0.3 is 9.84 Å². The highest BCUT2D eigenvalue weighted by Gasteiger charge is 2.20. The number of halogens is 2. The highest BCUT2D eigenvalue weighted by molar-refractivity contribution is 9.10. The van der Waals surface area contributed by atoms with Gasteiger partial charge in [0, 0.05) is 20.6 Å². The Morgan fingerprint density at radius 3 is 2.55 bits per heavy atom. The summed E-state index contributed by atoms with van der Waals surface area (Å²) in [5.41, 5.74) is 3.57. The molecule has 0 radical (unpaired) electrons. The van der Waals surface area contributed by atoms with E-state index in [2.05, 4.69) is 15.9 Å². The first kappa shape index (κ1) is 15.4. The summed E-state index contributed by atoms with van der Waals surface area (Å²) in [6.45, 7) is 3.97. The Hall–Kier alpha value is -1.03. The van der Waals surface area contributed by atoms with Crippen molar-refractivity contribution in [1.29, 1.82) is 0 Å². The summed E-state index contributed by atoms with van der Waals surface area (Å²) in [6, 6.07) is 9.32. The standard InChI is InChI=1S/C16H16BrClO2/c1-9-6-10(2)15(14(7-9)20-3)16(19)12-8-11(18)4-5-13(12)17/h4-8,16,19H,1-3H3. The van der Waals surface area contributed by atoms with Crippen molar-refractivity contribution >= 4 is 27.5 Å². The molecule has 1 N–H and O–H groups in total. The van der Waals surface area contributed by atoms with Gasteiger partial charge in [0.25, 0.3) is 0 Å². The van der Waals surface area contributed by atoms with Gasteiger partial charge in [0.2, 0.25) is 0 Å². The van der Waals surface area contributed by atoms with Gasteiger partial charge in [0.1, 0.15) is 11.9 Å². The number of methoxy groups -OCH3 is 1. The first-order valence-electron chi connectivity index (χ1n) is 6.22. The maximum absolute atomic E-state index is 10.7. The number of aliphatic hydroxyl groups excluding tert-OH is 1. The number of benzene rings is 2. The van der Waals surface area contributed by atoms with Crippen molar-refractivity contribution in [3.63, 3.8) is 0 Å². The number of hydrogen-bond donors (Lipinski definition) is 1. The third-order valence-electron chi connectivity index (χ3n) is 3.24. The largest absolute Gasteiger partial charge is 0.496 e. The maximum Gasteiger partial charge on any atom is 0.125 e. The van der Waals surface area contributed by atoms with Gasteiger partial charge in [-0.1, -0.05) is 33.6 Å². The van der Waals surface area contributed by atoms with Crippen LogP contribution in [0.2, 0.25) is 5.02 Å². The second-order valence-corrected chi connectivity index (χ2v) is 6.06. The lowest BCUT2D eigenvalue weighted by Gasteiger charge is -2.20. The Balaban J connectivity index is 2.58. The van der Waals surface area contributed by atoms with E-state index < -0.39 is 6.10 Å². The number of rotatable bonds is 3.